The lowest BCUT2D eigenvalue weighted by atomic mass is 9.75. The highest BCUT2D eigenvalue weighted by Crippen LogP contribution is 2.39. The first-order chi connectivity index (χ1) is 21.0. The molecule has 2 amide bonds. The quantitative estimate of drug-likeness (QED) is 0.290. The molecule has 45 heavy (non-hydrogen) atoms. The Morgan fingerprint density at radius 3 is 2.29 bits per heavy atom. The molecule has 11 nitrogen and oxygen atoms in total. The number of carboxylic acid groups (broad SMARTS) is 1. The molecule has 0 saturated heterocycles. The number of rotatable bonds is 9. The van der Waals surface area contributed by atoms with Crippen LogP contribution in [0.5, 0.6) is 11.5 Å². The van der Waals surface area contributed by atoms with Crippen LogP contribution in [0.25, 0.3) is 0 Å². The highest BCUT2D eigenvalue weighted by Gasteiger charge is 2.47. The number of aliphatic hydroxyl groups excluding tert-OH is 1. The van der Waals surface area contributed by atoms with Gasteiger partial charge in [0.05, 0.1) is 47.2 Å². The zero-order valence-corrected chi connectivity index (χ0v) is 25.0. The zero-order valence-electron chi connectivity index (χ0n) is 24.2. The number of benzene rings is 2. The Balaban J connectivity index is 1.49. The van der Waals surface area contributed by atoms with E-state index in [0.717, 1.165) is 24.3 Å². The Morgan fingerprint density at radius 2 is 1.69 bits per heavy atom. The van der Waals surface area contributed by atoms with E-state index in [2.05, 4.69) is 10.6 Å². The van der Waals surface area contributed by atoms with E-state index in [0.29, 0.717) is 31.7 Å². The normalized spacial score (nSPS) is 25.3. The van der Waals surface area contributed by atoms with Crippen molar-refractivity contribution in [3.63, 3.8) is 0 Å². The lowest BCUT2D eigenvalue weighted by Crippen LogP contribution is -2.47. The first-order valence-corrected chi connectivity index (χ1v) is 15.4. The number of carbonyl (C=O) groups is 3. The van der Waals surface area contributed by atoms with Gasteiger partial charge in [0.1, 0.15) is 5.75 Å². The third kappa shape index (κ3) is 7.16. The summed E-state index contributed by atoms with van der Waals surface area (Å²) in [5.41, 5.74) is -6.89. The Morgan fingerprint density at radius 1 is 1.02 bits per heavy atom. The third-order valence-corrected chi connectivity index (χ3v) is 9.80. The predicted molar refractivity (Wildman–Crippen MR) is 150 cm³/mol. The number of carboxylic acids is 1. The number of anilines is 1. The molecular weight excluding hydrogens is 628 g/mol. The summed E-state index contributed by atoms with van der Waals surface area (Å²) in [5, 5.41) is 24.9. The average Bonchev–Trinajstić information content (AvgIpc) is 3.34. The number of nitrogens with one attached hydrogen (secondary N) is 2. The number of amides is 2. The minimum Gasteiger partial charge on any atom is -0.496 e. The number of ether oxygens (including phenoxy) is 2. The second-order valence-corrected chi connectivity index (χ2v) is 13.3. The van der Waals surface area contributed by atoms with Gasteiger partial charge in [0.15, 0.2) is 11.6 Å². The first kappa shape index (κ1) is 34.0. The molecular formula is C29H32F4N2O9S. The van der Waals surface area contributed by atoms with Crippen LogP contribution in [0.4, 0.5) is 23.2 Å². The van der Waals surface area contributed by atoms with Gasteiger partial charge in [-0.3, -0.25) is 14.4 Å². The van der Waals surface area contributed by atoms with Crippen LogP contribution in [0.2, 0.25) is 0 Å². The third-order valence-electron chi connectivity index (χ3n) is 8.32. The molecule has 0 spiro atoms. The number of sulfone groups is 1. The molecule has 2 aromatic rings. The first-order valence-electron chi connectivity index (χ1n) is 14.0. The van der Waals surface area contributed by atoms with Crippen molar-refractivity contribution < 1.29 is 60.0 Å². The van der Waals surface area contributed by atoms with E-state index < -0.39 is 73.4 Å². The van der Waals surface area contributed by atoms with Crippen LogP contribution in [-0.2, 0) is 19.4 Å². The Labute approximate surface area is 255 Å². The molecule has 3 atom stereocenters. The number of aliphatic hydroxyl groups is 1. The maximum Gasteiger partial charge on any atom is 0.501 e. The Hall–Kier alpha value is -3.92. The average molecular weight is 661 g/mol. The van der Waals surface area contributed by atoms with Crippen molar-refractivity contribution in [2.75, 3.05) is 12.4 Å². The molecule has 0 unspecified atom stereocenters. The van der Waals surface area contributed by atoms with E-state index >= 15 is 0 Å². The SMILES string of the molecule is COc1cc(F)c(OC2CCC(C)(C(=O)O)CC2)cc1C(=O)N[C@H]1[C@@H](O)CC[C@H]1C(=O)Nc1cccc(S(=O)(=O)C(F)(F)F)c1. The highest BCUT2D eigenvalue weighted by atomic mass is 32.2. The number of alkyl halides is 3. The summed E-state index contributed by atoms with van der Waals surface area (Å²) in [4.78, 5) is 36.9. The fourth-order valence-corrected chi connectivity index (χ4v) is 6.33. The van der Waals surface area contributed by atoms with E-state index in [4.69, 9.17) is 9.47 Å². The standard InChI is InChI=1S/C29H32F4N2O9S/c1-28(27(39)40)10-8-16(9-11-28)44-23-13-19(22(43-2)14-20(23)30)26(38)35-24-18(6-7-21(24)36)25(37)34-15-4-3-5-17(12-15)45(41,42)29(31,32)33/h3-5,12-14,16,18,21,24,36H,6-11H2,1-2H3,(H,34,37)(H,35,38)(H,39,40)/t16?,18-,21+,24-,28?/m1/s1. The van der Waals surface area contributed by atoms with Gasteiger partial charge in [-0.15, -0.1) is 0 Å². The second kappa shape index (κ2) is 12.8. The van der Waals surface area contributed by atoms with Crippen LogP contribution in [0, 0.1) is 17.2 Å². The lowest BCUT2D eigenvalue weighted by Gasteiger charge is -2.34. The molecule has 0 aromatic heterocycles. The molecule has 2 aliphatic rings. The van der Waals surface area contributed by atoms with Gasteiger partial charge in [0.25, 0.3) is 15.7 Å². The van der Waals surface area contributed by atoms with Crippen molar-refractivity contribution in [2.24, 2.45) is 11.3 Å². The van der Waals surface area contributed by atoms with E-state index in [1.807, 2.05) is 0 Å². The molecule has 2 fully saturated rings. The van der Waals surface area contributed by atoms with Crippen LogP contribution in [0.3, 0.4) is 0 Å². The number of methoxy groups -OCH3 is 1. The summed E-state index contributed by atoms with van der Waals surface area (Å²) in [7, 11) is -4.47. The van der Waals surface area contributed by atoms with Crippen molar-refractivity contribution in [3.05, 3.63) is 47.8 Å². The topological polar surface area (TPSA) is 168 Å². The van der Waals surface area contributed by atoms with Crippen LogP contribution in [0.15, 0.2) is 41.3 Å². The summed E-state index contributed by atoms with van der Waals surface area (Å²) >= 11 is 0. The molecule has 4 rings (SSSR count). The van der Waals surface area contributed by atoms with Crippen molar-refractivity contribution >= 4 is 33.3 Å². The van der Waals surface area contributed by atoms with Crippen molar-refractivity contribution in [1.29, 1.82) is 0 Å². The molecule has 0 radical (unpaired) electrons. The van der Waals surface area contributed by atoms with Crippen LogP contribution >= 0.6 is 0 Å². The van der Waals surface area contributed by atoms with Gasteiger partial charge < -0.3 is 30.3 Å². The number of aliphatic carboxylic acids is 1. The Bertz CT molecular complexity index is 1570. The number of hydrogen-bond donors (Lipinski definition) is 4. The summed E-state index contributed by atoms with van der Waals surface area (Å²) in [6.45, 7) is 1.63. The number of hydrogen-bond acceptors (Lipinski definition) is 8. The molecule has 2 aromatic carbocycles. The van der Waals surface area contributed by atoms with E-state index in [1.54, 1.807) is 6.92 Å². The fourth-order valence-electron chi connectivity index (χ4n) is 5.52. The maximum absolute atomic E-state index is 14.9. The Kier molecular flexibility index (Phi) is 9.68. The van der Waals surface area contributed by atoms with Gasteiger partial charge in [0, 0.05) is 11.8 Å². The largest absolute Gasteiger partial charge is 0.501 e. The van der Waals surface area contributed by atoms with Crippen molar-refractivity contribution in [3.8, 4) is 11.5 Å². The van der Waals surface area contributed by atoms with E-state index in [-0.39, 0.29) is 35.6 Å². The predicted octanol–water partition coefficient (Wildman–Crippen LogP) is 4.05. The lowest BCUT2D eigenvalue weighted by molar-refractivity contribution is -0.150. The van der Waals surface area contributed by atoms with Gasteiger partial charge in [0.2, 0.25) is 5.91 Å². The van der Waals surface area contributed by atoms with Gasteiger partial charge in [-0.2, -0.15) is 13.2 Å². The summed E-state index contributed by atoms with van der Waals surface area (Å²) < 4.78 is 88.4. The summed E-state index contributed by atoms with van der Waals surface area (Å²) in [6, 6.07) is 4.46. The van der Waals surface area contributed by atoms with E-state index in [1.165, 1.54) is 13.2 Å². The van der Waals surface area contributed by atoms with Crippen LogP contribution < -0.4 is 20.1 Å². The minimum atomic E-state index is -5.67. The second-order valence-electron chi connectivity index (χ2n) is 11.4. The van der Waals surface area contributed by atoms with E-state index in [9.17, 15) is 50.6 Å². The minimum absolute atomic E-state index is 0.0738. The number of halogens is 4. The monoisotopic (exact) mass is 660 g/mol. The molecule has 4 N–H and O–H groups in total. The van der Waals surface area contributed by atoms with Gasteiger partial charge in [-0.05, 0) is 69.7 Å². The molecule has 0 bridgehead atoms. The molecule has 0 aliphatic heterocycles. The zero-order chi connectivity index (χ0) is 33.3. The van der Waals surface area contributed by atoms with Gasteiger partial charge in [-0.25, -0.2) is 12.8 Å². The van der Waals surface area contributed by atoms with Gasteiger partial charge in [-0.1, -0.05) is 6.07 Å². The van der Waals surface area contributed by atoms with Crippen LogP contribution in [0.1, 0.15) is 55.8 Å². The maximum atomic E-state index is 14.9. The molecule has 0 heterocycles. The molecule has 16 heteroatoms. The van der Waals surface area contributed by atoms with Gasteiger partial charge >= 0.3 is 11.5 Å². The molecule has 2 aliphatic carbocycles. The fraction of sp³-hybridized carbons (Fsp3) is 0.483. The molecule has 2 saturated carbocycles. The highest BCUT2D eigenvalue weighted by molar-refractivity contribution is 7.92. The van der Waals surface area contributed by atoms with Crippen molar-refractivity contribution in [2.45, 2.75) is 74.1 Å². The summed E-state index contributed by atoms with van der Waals surface area (Å²) in [6.07, 6.45) is -0.257. The number of carbonyl (C=O) groups excluding carboxylic acids is 2. The smallest absolute Gasteiger partial charge is 0.496 e. The summed E-state index contributed by atoms with van der Waals surface area (Å²) in [5.74, 6) is -4.92. The van der Waals surface area contributed by atoms with Crippen molar-refractivity contribution in [1.82, 2.24) is 5.32 Å². The van der Waals surface area contributed by atoms with Crippen LogP contribution in [-0.4, -0.2) is 67.3 Å². The molecule has 246 valence electrons.